The third kappa shape index (κ3) is 2.95. The molecular formula is C16H16N4O3S. The molecule has 124 valence electrons. The number of sulfonamides is 1. The lowest BCUT2D eigenvalue weighted by atomic mass is 10.1. The maximum Gasteiger partial charge on any atom is 0.288 e. The van der Waals surface area contributed by atoms with E-state index in [9.17, 15) is 13.5 Å². The molecule has 24 heavy (non-hydrogen) atoms. The van der Waals surface area contributed by atoms with E-state index in [1.807, 2.05) is 19.9 Å². The largest absolute Gasteiger partial charge is 0.506 e. The Bertz CT molecular complexity index is 1040. The highest BCUT2D eigenvalue weighted by atomic mass is 32.2. The second-order valence-corrected chi connectivity index (χ2v) is 6.88. The van der Waals surface area contributed by atoms with Crippen molar-refractivity contribution in [1.82, 2.24) is 9.89 Å². The summed E-state index contributed by atoms with van der Waals surface area (Å²) >= 11 is 0. The first kappa shape index (κ1) is 16.0. The summed E-state index contributed by atoms with van der Waals surface area (Å²) in [4.78, 5) is 1.20. The zero-order chi connectivity index (χ0) is 17.3. The normalized spacial score (nSPS) is 12.1. The van der Waals surface area contributed by atoms with Gasteiger partial charge in [0, 0.05) is 5.39 Å². The van der Waals surface area contributed by atoms with Crippen molar-refractivity contribution in [3.63, 3.8) is 0 Å². The van der Waals surface area contributed by atoms with Crippen molar-refractivity contribution in [2.75, 3.05) is 5.43 Å². The molecule has 0 aliphatic rings. The van der Waals surface area contributed by atoms with Crippen LogP contribution in [0, 0.1) is 13.8 Å². The predicted octanol–water partition coefficient (Wildman–Crippen LogP) is 2.32. The molecule has 0 amide bonds. The third-order valence-corrected chi connectivity index (χ3v) is 4.83. The topological polar surface area (TPSA) is 96.6 Å². The zero-order valence-electron chi connectivity index (χ0n) is 13.1. The SMILES string of the molecule is Cc1cc(C)n(NC=NS(=O)(=O)c2c(O)ccc3ccccc23)n1. The van der Waals surface area contributed by atoms with Crippen LogP contribution in [0.3, 0.4) is 0 Å². The molecule has 1 aromatic heterocycles. The van der Waals surface area contributed by atoms with E-state index in [0.29, 0.717) is 10.8 Å². The molecular weight excluding hydrogens is 328 g/mol. The highest BCUT2D eigenvalue weighted by Gasteiger charge is 2.20. The monoisotopic (exact) mass is 344 g/mol. The Labute approximate surface area is 139 Å². The lowest BCUT2D eigenvalue weighted by Gasteiger charge is -2.07. The van der Waals surface area contributed by atoms with E-state index in [4.69, 9.17) is 0 Å². The van der Waals surface area contributed by atoms with E-state index in [-0.39, 0.29) is 10.6 Å². The standard InChI is InChI=1S/C16H16N4O3S/c1-11-9-12(2)20(19-11)17-10-18-24(22,23)16-14-6-4-3-5-13(14)7-8-15(16)21/h3-10,21H,1-2H3,(H,17,18). The van der Waals surface area contributed by atoms with Crippen molar-refractivity contribution < 1.29 is 13.5 Å². The number of hydrogen-bond acceptors (Lipinski definition) is 4. The minimum Gasteiger partial charge on any atom is -0.506 e. The van der Waals surface area contributed by atoms with E-state index in [1.165, 1.54) is 10.9 Å². The van der Waals surface area contributed by atoms with Crippen LogP contribution < -0.4 is 5.43 Å². The summed E-state index contributed by atoms with van der Waals surface area (Å²) in [6.45, 7) is 3.65. The molecule has 0 spiro atoms. The molecule has 1 heterocycles. The van der Waals surface area contributed by atoms with Gasteiger partial charge < -0.3 is 5.11 Å². The van der Waals surface area contributed by atoms with Gasteiger partial charge in [-0.2, -0.15) is 18.3 Å². The number of nitrogens with one attached hydrogen (secondary N) is 1. The molecule has 7 nitrogen and oxygen atoms in total. The summed E-state index contributed by atoms with van der Waals surface area (Å²) in [6, 6.07) is 11.7. The molecule has 0 atom stereocenters. The summed E-state index contributed by atoms with van der Waals surface area (Å²) in [5, 5.41) is 15.3. The van der Waals surface area contributed by atoms with Crippen molar-refractivity contribution >= 4 is 27.1 Å². The molecule has 2 aromatic carbocycles. The third-order valence-electron chi connectivity index (χ3n) is 3.50. The van der Waals surface area contributed by atoms with E-state index < -0.39 is 10.0 Å². The van der Waals surface area contributed by atoms with Crippen LogP contribution in [0.4, 0.5) is 0 Å². The second kappa shape index (κ2) is 5.97. The van der Waals surface area contributed by atoms with Gasteiger partial charge in [-0.1, -0.05) is 30.3 Å². The zero-order valence-corrected chi connectivity index (χ0v) is 13.9. The molecule has 0 saturated carbocycles. The number of phenols is 1. The minimum absolute atomic E-state index is 0.216. The molecule has 0 unspecified atom stereocenters. The molecule has 0 saturated heterocycles. The van der Waals surface area contributed by atoms with Gasteiger partial charge in [-0.25, -0.2) is 0 Å². The Morgan fingerprint density at radius 1 is 1.21 bits per heavy atom. The van der Waals surface area contributed by atoms with Crippen molar-refractivity contribution in [2.45, 2.75) is 18.7 Å². The molecule has 0 aliphatic carbocycles. The number of aromatic hydroxyl groups is 1. The number of aromatic nitrogens is 2. The Morgan fingerprint density at radius 3 is 2.67 bits per heavy atom. The highest BCUT2D eigenvalue weighted by molar-refractivity contribution is 7.90. The molecule has 0 radical (unpaired) electrons. The molecule has 3 rings (SSSR count). The van der Waals surface area contributed by atoms with Gasteiger partial charge in [0.2, 0.25) is 0 Å². The first-order chi connectivity index (χ1) is 11.4. The number of fused-ring (bicyclic) bond motifs is 1. The van der Waals surface area contributed by atoms with Gasteiger partial charge in [0.15, 0.2) is 0 Å². The van der Waals surface area contributed by atoms with Crippen LogP contribution in [0.2, 0.25) is 0 Å². The van der Waals surface area contributed by atoms with E-state index in [0.717, 1.165) is 17.7 Å². The van der Waals surface area contributed by atoms with Gasteiger partial charge in [0.25, 0.3) is 10.0 Å². The lowest BCUT2D eigenvalue weighted by molar-refractivity contribution is 0.461. The minimum atomic E-state index is -4.08. The maximum absolute atomic E-state index is 12.5. The summed E-state index contributed by atoms with van der Waals surface area (Å²) in [6.07, 6.45) is 1.04. The summed E-state index contributed by atoms with van der Waals surface area (Å²) in [5.41, 5.74) is 4.28. The average Bonchev–Trinajstić information content (AvgIpc) is 2.84. The Balaban J connectivity index is 1.98. The number of rotatable bonds is 4. The number of hydrogen-bond donors (Lipinski definition) is 2. The molecule has 2 N–H and O–H groups in total. The smallest absolute Gasteiger partial charge is 0.288 e. The predicted molar refractivity (Wildman–Crippen MR) is 92.4 cm³/mol. The van der Waals surface area contributed by atoms with Crippen LogP contribution in [0.1, 0.15) is 11.4 Å². The van der Waals surface area contributed by atoms with Crippen LogP contribution in [0.25, 0.3) is 10.8 Å². The van der Waals surface area contributed by atoms with Crippen LogP contribution >= 0.6 is 0 Å². The Kier molecular flexibility index (Phi) is 3.98. The van der Waals surface area contributed by atoms with Gasteiger partial charge in [0.1, 0.15) is 17.0 Å². The van der Waals surface area contributed by atoms with Gasteiger partial charge in [-0.15, -0.1) is 4.40 Å². The lowest BCUT2D eigenvalue weighted by Crippen LogP contribution is -2.16. The van der Waals surface area contributed by atoms with Crippen LogP contribution in [0.5, 0.6) is 5.75 Å². The second-order valence-electron chi connectivity index (χ2n) is 5.31. The summed E-state index contributed by atoms with van der Waals surface area (Å²) in [5.74, 6) is -0.336. The summed E-state index contributed by atoms with van der Waals surface area (Å²) in [7, 11) is -4.08. The van der Waals surface area contributed by atoms with E-state index in [1.54, 1.807) is 30.3 Å². The number of phenolic OH excluding ortho intramolecular Hbond substituents is 1. The van der Waals surface area contributed by atoms with Crippen molar-refractivity contribution in [1.29, 1.82) is 0 Å². The molecule has 0 fully saturated rings. The van der Waals surface area contributed by atoms with Crippen molar-refractivity contribution in [3.05, 3.63) is 53.9 Å². The van der Waals surface area contributed by atoms with Gasteiger partial charge in [-0.05, 0) is 31.4 Å². The fraction of sp³-hybridized carbons (Fsp3) is 0.125. The van der Waals surface area contributed by atoms with Crippen LogP contribution in [0.15, 0.2) is 51.8 Å². The number of aryl methyl sites for hydroxylation is 2. The fourth-order valence-electron chi connectivity index (χ4n) is 2.46. The Morgan fingerprint density at radius 2 is 1.96 bits per heavy atom. The first-order valence-electron chi connectivity index (χ1n) is 7.18. The molecule has 3 aromatic rings. The van der Waals surface area contributed by atoms with Crippen molar-refractivity contribution in [3.8, 4) is 5.75 Å². The van der Waals surface area contributed by atoms with Gasteiger partial charge in [-0.3, -0.25) is 5.43 Å². The van der Waals surface area contributed by atoms with E-state index in [2.05, 4.69) is 14.9 Å². The molecule has 0 bridgehead atoms. The number of nitrogens with zero attached hydrogens (tertiary/aromatic N) is 3. The first-order valence-corrected chi connectivity index (χ1v) is 8.62. The van der Waals surface area contributed by atoms with Gasteiger partial charge >= 0.3 is 0 Å². The summed E-state index contributed by atoms with van der Waals surface area (Å²) < 4.78 is 28.6. The van der Waals surface area contributed by atoms with Crippen LogP contribution in [-0.4, -0.2) is 29.8 Å². The van der Waals surface area contributed by atoms with Crippen molar-refractivity contribution in [2.24, 2.45) is 4.40 Å². The van der Waals surface area contributed by atoms with Gasteiger partial charge in [0.05, 0.1) is 11.4 Å². The van der Waals surface area contributed by atoms with Crippen LogP contribution in [-0.2, 0) is 10.0 Å². The number of benzene rings is 2. The van der Waals surface area contributed by atoms with E-state index >= 15 is 0 Å². The fourth-order valence-corrected chi connectivity index (χ4v) is 3.55. The average molecular weight is 344 g/mol. The maximum atomic E-state index is 12.5. The molecule has 0 aliphatic heterocycles. The molecule has 8 heteroatoms. The quantitative estimate of drug-likeness (QED) is 0.559. The highest BCUT2D eigenvalue weighted by Crippen LogP contribution is 2.32. The Hall–Kier alpha value is -2.87.